The van der Waals surface area contributed by atoms with Gasteiger partial charge in [-0.15, -0.1) is 0 Å². The third-order valence-electron chi connectivity index (χ3n) is 8.97. The van der Waals surface area contributed by atoms with Gasteiger partial charge >= 0.3 is 21.1 Å². The zero-order chi connectivity index (χ0) is 60.9. The van der Waals surface area contributed by atoms with Crippen molar-refractivity contribution in [1.29, 1.82) is 0 Å². The van der Waals surface area contributed by atoms with Crippen molar-refractivity contribution in [2.75, 3.05) is 79.3 Å². The second kappa shape index (κ2) is 66.9. The molecule has 0 unspecified atom stereocenters. The fourth-order valence-corrected chi connectivity index (χ4v) is 8.75. The van der Waals surface area contributed by atoms with E-state index >= 15 is 0 Å². The summed E-state index contributed by atoms with van der Waals surface area (Å²) in [7, 11) is -24.0. The zero-order valence-electron chi connectivity index (χ0n) is 50.3. The van der Waals surface area contributed by atoms with Crippen LogP contribution in [0.3, 0.4) is 0 Å². The molecular formula is C48H108O24P6W. The molecule has 0 spiro atoms. The molecule has 0 saturated carbocycles. The molecule has 0 aromatic carbocycles. The van der Waals surface area contributed by atoms with Gasteiger partial charge in [0.25, 0.3) is 46.9 Å². The van der Waals surface area contributed by atoms with Gasteiger partial charge in [0, 0.05) is 0 Å². The van der Waals surface area contributed by atoms with E-state index in [-0.39, 0.29) is 100 Å². The summed E-state index contributed by atoms with van der Waals surface area (Å²) in [5.41, 5.74) is 0. The standard InChI is InChI=1S/6C8H19O4P.W/c6*1-3-5-7-11-13(9,10)12-8-6-4-2;/h6*3-8H2,1-2H3,(H,9,10);/q;;;;;;+6/p-6. The normalized spacial score (nSPS) is 11.8. The fraction of sp³-hybridized carbons (Fsp3) is 1.00. The Bertz CT molecular complexity index is 1160. The largest absolute Gasteiger partial charge is 6.00 e. The molecule has 0 rings (SSSR count). The molecule has 0 aromatic rings. The second-order valence-corrected chi connectivity index (χ2v) is 25.4. The topological polar surface area (TPSA) is 352 Å². The van der Waals surface area contributed by atoms with Gasteiger partial charge in [0.05, 0.1) is 79.3 Å². The Morgan fingerprint density at radius 2 is 0.253 bits per heavy atom. The van der Waals surface area contributed by atoms with E-state index in [1.54, 1.807) is 0 Å². The van der Waals surface area contributed by atoms with Crippen LogP contribution in [0.5, 0.6) is 0 Å². The Kier molecular flexibility index (Phi) is 79.6. The minimum Gasteiger partial charge on any atom is -0.756 e. The van der Waals surface area contributed by atoms with E-state index in [4.69, 9.17) is 0 Å². The number of hydrogen-bond donors (Lipinski definition) is 0. The molecule has 0 heterocycles. The SMILES string of the molecule is CCCCOP(=O)([O-])OCCCC.CCCCOP(=O)([O-])OCCCC.CCCCOP(=O)([O-])OCCCC.CCCCOP(=O)([O-])OCCCC.CCCCOP(=O)([O-])OCCCC.CCCCOP(=O)([O-])OCCCC.[W+6]. The predicted octanol–water partition coefficient (Wildman–Crippen LogP) is 12.5. The fourth-order valence-electron chi connectivity index (χ4n) is 4.07. The van der Waals surface area contributed by atoms with Crippen LogP contribution in [0.25, 0.3) is 0 Å². The third-order valence-corrected chi connectivity index (χ3v) is 15.0. The van der Waals surface area contributed by atoms with Gasteiger partial charge in [-0.2, -0.15) is 0 Å². The van der Waals surface area contributed by atoms with Crippen molar-refractivity contribution in [2.45, 2.75) is 237 Å². The minimum atomic E-state index is -4.00. The predicted molar refractivity (Wildman–Crippen MR) is 296 cm³/mol. The number of phosphoric acid groups is 6. The Hall–Kier alpha value is 1.35. The molecule has 0 aliphatic heterocycles. The molecule has 0 aliphatic carbocycles. The number of phosphoric ester groups is 6. The van der Waals surface area contributed by atoms with Crippen molar-refractivity contribution >= 4 is 46.9 Å². The quantitative estimate of drug-likeness (QED) is 0.0403. The summed E-state index contributed by atoms with van der Waals surface area (Å²) in [6, 6.07) is 0. The van der Waals surface area contributed by atoms with E-state index in [9.17, 15) is 56.8 Å². The molecule has 31 heteroatoms. The van der Waals surface area contributed by atoms with Crippen molar-refractivity contribution in [2.24, 2.45) is 0 Å². The van der Waals surface area contributed by atoms with Crippen molar-refractivity contribution in [3.05, 3.63) is 0 Å². The van der Waals surface area contributed by atoms with Crippen molar-refractivity contribution in [1.82, 2.24) is 0 Å². The van der Waals surface area contributed by atoms with Crippen LogP contribution in [0.15, 0.2) is 0 Å². The summed E-state index contributed by atoms with van der Waals surface area (Å²) < 4.78 is 121. The molecule has 480 valence electrons. The van der Waals surface area contributed by atoms with Crippen molar-refractivity contribution < 1.29 is 132 Å². The molecule has 79 heavy (non-hydrogen) atoms. The maximum absolute atomic E-state index is 11.0. The molecule has 0 radical (unpaired) electrons. The molecule has 0 amide bonds. The van der Waals surface area contributed by atoms with Crippen LogP contribution in [0.2, 0.25) is 0 Å². The Morgan fingerprint density at radius 3 is 0.304 bits per heavy atom. The van der Waals surface area contributed by atoms with Crippen LogP contribution in [-0.4, -0.2) is 79.3 Å². The minimum absolute atomic E-state index is 0. The first kappa shape index (κ1) is 94.0. The van der Waals surface area contributed by atoms with Gasteiger partial charge in [0.15, 0.2) is 0 Å². The summed E-state index contributed by atoms with van der Waals surface area (Å²) in [5.74, 6) is 0. The van der Waals surface area contributed by atoms with E-state index in [1.165, 1.54) is 0 Å². The maximum Gasteiger partial charge on any atom is 6.00 e. The number of hydrogen-bond acceptors (Lipinski definition) is 24. The number of unbranched alkanes of at least 4 members (excludes halogenated alkanes) is 12. The van der Waals surface area contributed by atoms with Crippen LogP contribution in [0, 0.1) is 0 Å². The number of rotatable bonds is 48. The average molecular weight is 1440 g/mol. The third kappa shape index (κ3) is 88.2. The smallest absolute Gasteiger partial charge is 0.756 e. The molecule has 24 nitrogen and oxygen atoms in total. The maximum atomic E-state index is 11.0. The second-order valence-electron chi connectivity index (χ2n) is 16.9. The average Bonchev–Trinajstić information content (AvgIpc) is 3.35. The summed E-state index contributed by atoms with van der Waals surface area (Å²) in [6.07, 6.45) is 19.8. The van der Waals surface area contributed by atoms with Crippen LogP contribution >= 0.6 is 46.9 Å². The van der Waals surface area contributed by atoms with Crippen molar-refractivity contribution in [3.63, 3.8) is 0 Å². The molecule has 0 fully saturated rings. The Labute approximate surface area is 493 Å². The Morgan fingerprint density at radius 1 is 0.190 bits per heavy atom. The van der Waals surface area contributed by atoms with Gasteiger partial charge in [-0.3, -0.25) is 27.4 Å². The summed E-state index contributed by atoms with van der Waals surface area (Å²) in [6.45, 7) is 26.3. The van der Waals surface area contributed by atoms with Gasteiger partial charge in [0.1, 0.15) is 0 Å². The van der Waals surface area contributed by atoms with Gasteiger partial charge in [-0.1, -0.05) is 160 Å². The van der Waals surface area contributed by atoms with Crippen LogP contribution in [0.4, 0.5) is 0 Å². The molecular weight excluding hydrogens is 1330 g/mol. The molecule has 0 bridgehead atoms. The first-order chi connectivity index (χ1) is 36.7. The molecule has 0 aromatic heterocycles. The van der Waals surface area contributed by atoms with Crippen LogP contribution in [-0.2, 0) is 103 Å². The van der Waals surface area contributed by atoms with Crippen LogP contribution in [0.1, 0.15) is 237 Å². The first-order valence-electron chi connectivity index (χ1n) is 28.3. The molecule has 0 aliphatic rings. The Balaban J connectivity index is -0.000000157. The molecule has 0 saturated heterocycles. The van der Waals surface area contributed by atoms with Gasteiger partial charge in [-0.25, -0.2) is 0 Å². The first-order valence-corrected chi connectivity index (χ1v) is 37.1. The van der Waals surface area contributed by atoms with E-state index in [1.807, 2.05) is 83.1 Å². The van der Waals surface area contributed by atoms with Gasteiger partial charge < -0.3 is 83.6 Å². The summed E-state index contributed by atoms with van der Waals surface area (Å²) in [4.78, 5) is 65.8. The van der Waals surface area contributed by atoms with Crippen molar-refractivity contribution in [3.8, 4) is 0 Å². The van der Waals surface area contributed by atoms with E-state index in [0.29, 0.717) is 0 Å². The molecule has 0 atom stereocenters. The van der Waals surface area contributed by atoms with E-state index in [0.717, 1.165) is 154 Å². The zero-order valence-corrected chi connectivity index (χ0v) is 58.6. The molecule has 0 N–H and O–H groups in total. The summed E-state index contributed by atoms with van der Waals surface area (Å²) in [5, 5.41) is 0. The van der Waals surface area contributed by atoms with Crippen LogP contribution < -0.4 is 29.4 Å². The monoisotopic (exact) mass is 1440 g/mol. The van der Waals surface area contributed by atoms with E-state index in [2.05, 4.69) is 54.3 Å². The van der Waals surface area contributed by atoms with Gasteiger partial charge in [0.2, 0.25) is 0 Å². The summed E-state index contributed by atoms with van der Waals surface area (Å²) >= 11 is 0. The van der Waals surface area contributed by atoms with E-state index < -0.39 is 46.9 Å². The van der Waals surface area contributed by atoms with Gasteiger partial charge in [-0.05, 0) is 77.0 Å².